The number of carbonyl (C=O) groups excluding carboxylic acids is 1. The van der Waals surface area contributed by atoms with E-state index in [-0.39, 0.29) is 11.8 Å². The molecule has 0 aliphatic carbocycles. The molecule has 0 bridgehead atoms. The third-order valence-electron chi connectivity index (χ3n) is 5.98. The molecule has 4 rings (SSSR count). The summed E-state index contributed by atoms with van der Waals surface area (Å²) in [5, 5.41) is 7.35. The monoisotopic (exact) mass is 418 g/mol. The van der Waals surface area contributed by atoms with Crippen molar-refractivity contribution in [1.82, 2.24) is 15.0 Å². The topological polar surface area (TPSA) is 71.3 Å². The number of para-hydroxylation sites is 1. The summed E-state index contributed by atoms with van der Waals surface area (Å²) in [7, 11) is 0. The number of rotatable bonds is 7. The van der Waals surface area contributed by atoms with Gasteiger partial charge in [-0.3, -0.25) is 9.69 Å². The second-order valence-corrected chi connectivity index (χ2v) is 8.10. The van der Waals surface area contributed by atoms with Crippen molar-refractivity contribution in [1.29, 1.82) is 0 Å². The number of nitrogens with zero attached hydrogens (tertiary/aromatic N) is 3. The van der Waals surface area contributed by atoms with Crippen molar-refractivity contribution in [3.05, 3.63) is 65.5 Å². The third-order valence-corrected chi connectivity index (χ3v) is 5.98. The molecule has 1 amide bonds. The Bertz CT molecular complexity index is 993. The second kappa shape index (κ2) is 9.88. The van der Waals surface area contributed by atoms with E-state index in [0.29, 0.717) is 24.8 Å². The molecule has 1 aromatic heterocycles. The van der Waals surface area contributed by atoms with Crippen molar-refractivity contribution in [2.24, 2.45) is 5.92 Å². The van der Waals surface area contributed by atoms with Gasteiger partial charge in [0.1, 0.15) is 0 Å². The van der Waals surface area contributed by atoms with Gasteiger partial charge in [-0.05, 0) is 43.4 Å². The normalized spacial score (nSPS) is 16.9. The molecule has 6 heteroatoms. The van der Waals surface area contributed by atoms with Gasteiger partial charge in [-0.15, -0.1) is 0 Å². The Morgan fingerprint density at radius 2 is 1.84 bits per heavy atom. The number of anilines is 1. The maximum atomic E-state index is 13.1. The van der Waals surface area contributed by atoms with Crippen LogP contribution in [-0.2, 0) is 24.2 Å². The molecule has 1 unspecified atom stereocenters. The van der Waals surface area contributed by atoms with Crippen LogP contribution in [0.25, 0.3) is 11.4 Å². The molecule has 3 aromatic rings. The van der Waals surface area contributed by atoms with Crippen molar-refractivity contribution in [2.45, 2.75) is 46.1 Å². The lowest BCUT2D eigenvalue weighted by atomic mass is 9.96. The summed E-state index contributed by atoms with van der Waals surface area (Å²) in [6, 6.07) is 16.1. The summed E-state index contributed by atoms with van der Waals surface area (Å²) in [4.78, 5) is 19.9. The van der Waals surface area contributed by atoms with Crippen molar-refractivity contribution in [3.63, 3.8) is 0 Å². The Balaban J connectivity index is 1.40. The maximum absolute atomic E-state index is 13.1. The van der Waals surface area contributed by atoms with Gasteiger partial charge in [-0.2, -0.15) is 4.98 Å². The molecular weight excluding hydrogens is 388 g/mol. The van der Waals surface area contributed by atoms with Gasteiger partial charge in [-0.25, -0.2) is 0 Å². The van der Waals surface area contributed by atoms with Gasteiger partial charge in [0.15, 0.2) is 0 Å². The lowest BCUT2D eigenvalue weighted by Crippen LogP contribution is -2.40. The lowest BCUT2D eigenvalue weighted by Gasteiger charge is -2.31. The highest BCUT2D eigenvalue weighted by Crippen LogP contribution is 2.26. The average molecular weight is 419 g/mol. The van der Waals surface area contributed by atoms with Crippen LogP contribution >= 0.6 is 0 Å². The van der Waals surface area contributed by atoms with Crippen molar-refractivity contribution < 1.29 is 9.32 Å². The number of carbonyl (C=O) groups is 1. The summed E-state index contributed by atoms with van der Waals surface area (Å²) in [6.45, 7) is 6.44. The lowest BCUT2D eigenvalue weighted by molar-refractivity contribution is -0.121. The fourth-order valence-electron chi connectivity index (χ4n) is 4.26. The number of nitrogens with one attached hydrogen (secondary N) is 1. The van der Waals surface area contributed by atoms with E-state index in [1.54, 1.807) is 0 Å². The maximum Gasteiger partial charge on any atom is 0.241 e. The minimum atomic E-state index is -0.0418. The number of likely N-dealkylation sites (tertiary alicyclic amines) is 1. The number of benzene rings is 2. The van der Waals surface area contributed by atoms with Gasteiger partial charge < -0.3 is 9.84 Å². The summed E-state index contributed by atoms with van der Waals surface area (Å²) in [5.74, 6) is 1.25. The number of piperidine rings is 1. The van der Waals surface area contributed by atoms with Crippen LogP contribution < -0.4 is 5.32 Å². The van der Waals surface area contributed by atoms with E-state index in [9.17, 15) is 4.79 Å². The Kier molecular flexibility index (Phi) is 6.77. The highest BCUT2D eigenvalue weighted by molar-refractivity contribution is 5.94. The predicted molar refractivity (Wildman–Crippen MR) is 122 cm³/mol. The predicted octanol–water partition coefficient (Wildman–Crippen LogP) is 4.71. The zero-order valence-corrected chi connectivity index (χ0v) is 18.3. The summed E-state index contributed by atoms with van der Waals surface area (Å²) in [6.07, 6.45) is 3.69. The van der Waals surface area contributed by atoms with Gasteiger partial charge in [0.05, 0.1) is 12.5 Å². The molecule has 1 atom stereocenters. The van der Waals surface area contributed by atoms with Crippen LogP contribution in [0.1, 0.15) is 43.7 Å². The number of amides is 1. The molecule has 2 aromatic carbocycles. The Hall–Kier alpha value is -2.99. The van der Waals surface area contributed by atoms with Crippen LogP contribution in [0.5, 0.6) is 0 Å². The quantitative estimate of drug-likeness (QED) is 0.602. The molecule has 1 N–H and O–H groups in total. The SMILES string of the molecule is CCc1cccc(CC)c1NC(=O)C1CCCN(Cc2nc(-c3ccccc3)no2)C1. The molecule has 0 saturated carbocycles. The van der Waals surface area contributed by atoms with Crippen LogP contribution in [0.15, 0.2) is 53.1 Å². The summed E-state index contributed by atoms with van der Waals surface area (Å²) < 4.78 is 5.47. The minimum absolute atomic E-state index is 0.0418. The third kappa shape index (κ3) is 5.02. The van der Waals surface area contributed by atoms with Crippen molar-refractivity contribution in [3.8, 4) is 11.4 Å². The van der Waals surface area contributed by atoms with Gasteiger partial charge in [0, 0.05) is 17.8 Å². The fraction of sp³-hybridized carbons (Fsp3) is 0.400. The van der Waals surface area contributed by atoms with Crippen molar-refractivity contribution >= 4 is 11.6 Å². The number of hydrogen-bond donors (Lipinski definition) is 1. The average Bonchev–Trinajstić information content (AvgIpc) is 3.28. The second-order valence-electron chi connectivity index (χ2n) is 8.10. The van der Waals surface area contributed by atoms with Crippen molar-refractivity contribution in [2.75, 3.05) is 18.4 Å². The van der Waals surface area contributed by atoms with Crippen LogP contribution in [0.2, 0.25) is 0 Å². The zero-order chi connectivity index (χ0) is 21.6. The van der Waals surface area contributed by atoms with Gasteiger partial charge in [-0.1, -0.05) is 67.5 Å². The van der Waals surface area contributed by atoms with Gasteiger partial charge in [0.2, 0.25) is 17.6 Å². The number of aryl methyl sites for hydroxylation is 2. The smallest absolute Gasteiger partial charge is 0.241 e. The first kappa shape index (κ1) is 21.2. The number of hydrogen-bond acceptors (Lipinski definition) is 5. The number of aromatic nitrogens is 2. The van der Waals surface area contributed by atoms with E-state index in [1.165, 1.54) is 11.1 Å². The Labute approximate surface area is 183 Å². The first-order valence-electron chi connectivity index (χ1n) is 11.2. The molecule has 31 heavy (non-hydrogen) atoms. The highest BCUT2D eigenvalue weighted by Gasteiger charge is 2.27. The molecule has 1 saturated heterocycles. The van der Waals surface area contributed by atoms with E-state index in [0.717, 1.165) is 43.5 Å². The largest absolute Gasteiger partial charge is 0.338 e. The van der Waals surface area contributed by atoms with E-state index in [4.69, 9.17) is 4.52 Å². The van der Waals surface area contributed by atoms with E-state index >= 15 is 0 Å². The van der Waals surface area contributed by atoms with Crippen LogP contribution in [0, 0.1) is 5.92 Å². The Morgan fingerprint density at radius 1 is 1.10 bits per heavy atom. The first-order chi connectivity index (χ1) is 15.2. The summed E-state index contributed by atoms with van der Waals surface area (Å²) in [5.41, 5.74) is 4.33. The van der Waals surface area contributed by atoms with Gasteiger partial charge in [0.25, 0.3) is 0 Å². The molecule has 1 fully saturated rings. The molecule has 0 spiro atoms. The van der Waals surface area contributed by atoms with E-state index in [1.807, 2.05) is 30.3 Å². The molecule has 0 radical (unpaired) electrons. The molecule has 1 aliphatic rings. The van der Waals surface area contributed by atoms with Crippen LogP contribution in [0.3, 0.4) is 0 Å². The van der Waals surface area contributed by atoms with Gasteiger partial charge >= 0.3 is 0 Å². The highest BCUT2D eigenvalue weighted by atomic mass is 16.5. The fourth-order valence-corrected chi connectivity index (χ4v) is 4.26. The standard InChI is InChI=1S/C25H30N4O2/c1-3-18-12-8-13-19(4-2)23(18)27-25(30)21-14-9-15-29(16-21)17-22-26-24(28-31-22)20-10-6-5-7-11-20/h5-8,10-13,21H,3-4,9,14-17H2,1-2H3,(H,27,30). The van der Waals surface area contributed by atoms with Crippen LogP contribution in [-0.4, -0.2) is 34.0 Å². The molecular formula is C25H30N4O2. The molecule has 1 aliphatic heterocycles. The zero-order valence-electron chi connectivity index (χ0n) is 18.3. The van der Waals surface area contributed by atoms with Crippen LogP contribution in [0.4, 0.5) is 5.69 Å². The minimum Gasteiger partial charge on any atom is -0.338 e. The summed E-state index contributed by atoms with van der Waals surface area (Å²) >= 11 is 0. The Morgan fingerprint density at radius 3 is 2.55 bits per heavy atom. The molecule has 6 nitrogen and oxygen atoms in total. The molecule has 2 heterocycles. The molecule has 162 valence electrons. The van der Waals surface area contributed by atoms with E-state index < -0.39 is 0 Å². The first-order valence-corrected chi connectivity index (χ1v) is 11.2. The van der Waals surface area contributed by atoms with E-state index in [2.05, 4.69) is 52.4 Å².